The summed E-state index contributed by atoms with van der Waals surface area (Å²) in [5, 5.41) is 2.32. The van der Waals surface area contributed by atoms with Crippen molar-refractivity contribution in [1.82, 2.24) is 0 Å². The van der Waals surface area contributed by atoms with E-state index in [4.69, 9.17) is 4.42 Å². The molecule has 0 bridgehead atoms. The molecule has 6 aromatic carbocycles. The highest BCUT2D eigenvalue weighted by molar-refractivity contribution is 7.00. The molecule has 4 unspecified atom stereocenters. The lowest BCUT2D eigenvalue weighted by Gasteiger charge is -2.53. The van der Waals surface area contributed by atoms with Gasteiger partial charge in [-0.1, -0.05) is 142 Å². The molecule has 0 radical (unpaired) electrons. The molecule has 4 aliphatic heterocycles. The summed E-state index contributed by atoms with van der Waals surface area (Å²) in [6.07, 6.45) is 9.81. The van der Waals surface area contributed by atoms with E-state index in [0.29, 0.717) is 0 Å². The summed E-state index contributed by atoms with van der Waals surface area (Å²) in [5.41, 5.74) is 22.6. The molecule has 0 N–H and O–H groups in total. The highest BCUT2D eigenvalue weighted by atomic mass is 16.3. The van der Waals surface area contributed by atoms with Crippen molar-refractivity contribution in [2.24, 2.45) is 0 Å². The van der Waals surface area contributed by atoms with E-state index in [1.165, 1.54) is 118 Å². The van der Waals surface area contributed by atoms with Gasteiger partial charge in [0.1, 0.15) is 5.58 Å². The highest BCUT2D eigenvalue weighted by Crippen LogP contribution is 2.64. The lowest BCUT2D eigenvalue weighted by atomic mass is 9.33. The third-order valence-corrected chi connectivity index (χ3v) is 18.9. The Morgan fingerprint density at radius 2 is 1.18 bits per heavy atom. The van der Waals surface area contributed by atoms with Gasteiger partial charge in [0.05, 0.1) is 16.8 Å². The Hall–Kier alpha value is -5.42. The standard InChI is InChI=1S/C61H66BN3O/c1-37-31-50-53-51(32-37)65-54-44(59(9)28-15-17-30-61(59,65)11)34-39(57(5,6)7)35-46(54)62(53)45-25-24-40(36-49(45)63(50)48-21-18-20-42-41-19-12-13-22-52(41)66-55(42)48)64-47-26-23-38(56(2,3)4)33-43(47)58(8)27-14-16-29-60(58,64)10/h12-13,18-26,31-36H,14-17,27-30H2,1-11H3. The molecule has 7 aromatic rings. The third kappa shape index (κ3) is 4.98. The van der Waals surface area contributed by atoms with E-state index in [9.17, 15) is 0 Å². The first-order valence-electron chi connectivity index (χ1n) is 25.3. The van der Waals surface area contributed by atoms with Crippen molar-refractivity contribution in [3.05, 3.63) is 131 Å². The fourth-order valence-electron chi connectivity index (χ4n) is 14.8. The molecular weight excluding hydrogens is 802 g/mol. The minimum absolute atomic E-state index is 0.000815. The van der Waals surface area contributed by atoms with Gasteiger partial charge in [0, 0.05) is 55.7 Å². The first-order chi connectivity index (χ1) is 31.4. The van der Waals surface area contributed by atoms with Crippen molar-refractivity contribution in [2.45, 2.75) is 160 Å². The summed E-state index contributed by atoms with van der Waals surface area (Å²) < 4.78 is 7.01. The zero-order chi connectivity index (χ0) is 45.7. The number of hydrogen-bond donors (Lipinski definition) is 0. The Bertz CT molecular complexity index is 3260. The van der Waals surface area contributed by atoms with Crippen LogP contribution in [0.25, 0.3) is 21.9 Å². The molecule has 66 heavy (non-hydrogen) atoms. The smallest absolute Gasteiger partial charge is 0.252 e. The van der Waals surface area contributed by atoms with Gasteiger partial charge >= 0.3 is 0 Å². The van der Waals surface area contributed by atoms with Crippen molar-refractivity contribution in [3.63, 3.8) is 0 Å². The highest BCUT2D eigenvalue weighted by Gasteiger charge is 2.62. The van der Waals surface area contributed by atoms with E-state index in [0.717, 1.165) is 34.0 Å². The maximum atomic E-state index is 7.01. The normalized spacial score (nSPS) is 26.0. The van der Waals surface area contributed by atoms with Crippen LogP contribution in [0, 0.1) is 6.92 Å². The zero-order valence-corrected chi connectivity index (χ0v) is 41.3. The Kier molecular flexibility index (Phi) is 8.02. The van der Waals surface area contributed by atoms with Crippen LogP contribution < -0.4 is 31.1 Å². The molecule has 0 spiro atoms. The number of nitrogens with zero attached hydrogens (tertiary/aromatic N) is 3. The molecule has 13 rings (SSSR count). The van der Waals surface area contributed by atoms with Crippen molar-refractivity contribution in [2.75, 3.05) is 14.7 Å². The Labute approximate surface area is 393 Å². The van der Waals surface area contributed by atoms with E-state index in [-0.39, 0.29) is 39.5 Å². The van der Waals surface area contributed by atoms with Crippen LogP contribution in [0.5, 0.6) is 0 Å². The van der Waals surface area contributed by atoms with Crippen LogP contribution in [-0.4, -0.2) is 17.8 Å². The minimum atomic E-state index is -0.0768. The van der Waals surface area contributed by atoms with Crippen LogP contribution >= 0.6 is 0 Å². The Balaban J connectivity index is 1.13. The molecule has 334 valence electrons. The lowest BCUT2D eigenvalue weighted by molar-refractivity contribution is 0.195. The number of benzene rings is 6. The van der Waals surface area contributed by atoms with E-state index in [1.54, 1.807) is 5.56 Å². The maximum Gasteiger partial charge on any atom is 0.252 e. The maximum absolute atomic E-state index is 7.01. The predicted molar refractivity (Wildman–Crippen MR) is 281 cm³/mol. The quantitative estimate of drug-likeness (QED) is 0.162. The summed E-state index contributed by atoms with van der Waals surface area (Å²) in [6, 6.07) is 40.8. The molecule has 0 saturated heterocycles. The monoisotopic (exact) mass is 868 g/mol. The van der Waals surface area contributed by atoms with Gasteiger partial charge in [-0.3, -0.25) is 0 Å². The summed E-state index contributed by atoms with van der Waals surface area (Å²) in [5.74, 6) is 0. The minimum Gasteiger partial charge on any atom is -0.454 e. The van der Waals surface area contributed by atoms with Crippen molar-refractivity contribution in [1.29, 1.82) is 0 Å². The van der Waals surface area contributed by atoms with E-state index in [2.05, 4.69) is 194 Å². The second kappa shape index (κ2) is 13.0. The predicted octanol–water partition coefficient (Wildman–Crippen LogP) is 14.6. The largest absolute Gasteiger partial charge is 0.454 e. The molecule has 6 aliphatic rings. The van der Waals surface area contributed by atoms with Crippen LogP contribution in [0.15, 0.2) is 108 Å². The average Bonchev–Trinajstić information content (AvgIpc) is 3.83. The summed E-state index contributed by atoms with van der Waals surface area (Å²) >= 11 is 0. The van der Waals surface area contributed by atoms with Crippen molar-refractivity contribution in [3.8, 4) is 0 Å². The molecule has 2 aliphatic carbocycles. The Morgan fingerprint density at radius 3 is 1.92 bits per heavy atom. The summed E-state index contributed by atoms with van der Waals surface area (Å²) in [7, 11) is 0. The molecule has 4 atom stereocenters. The number of para-hydroxylation sites is 2. The van der Waals surface area contributed by atoms with Crippen LogP contribution in [-0.2, 0) is 21.7 Å². The van der Waals surface area contributed by atoms with Crippen molar-refractivity contribution >= 4 is 84.9 Å². The van der Waals surface area contributed by atoms with Gasteiger partial charge in [-0.2, -0.15) is 0 Å². The molecule has 2 saturated carbocycles. The number of fused-ring (bicyclic) bond motifs is 13. The molecule has 0 amide bonds. The fourth-order valence-corrected chi connectivity index (χ4v) is 14.8. The fraction of sp³-hybridized carbons (Fsp3) is 0.410. The second-order valence-electron chi connectivity index (χ2n) is 24.5. The van der Waals surface area contributed by atoms with Crippen LogP contribution in [0.2, 0.25) is 0 Å². The number of rotatable bonds is 2. The molecule has 2 fully saturated rings. The number of furan rings is 1. The molecule has 4 nitrogen and oxygen atoms in total. The molecule has 5 heterocycles. The van der Waals surface area contributed by atoms with Gasteiger partial charge in [-0.05, 0) is 144 Å². The molecule has 5 heteroatoms. The van der Waals surface area contributed by atoms with Crippen LogP contribution in [0.3, 0.4) is 0 Å². The number of aryl methyl sites for hydroxylation is 1. The number of anilines is 7. The average molecular weight is 868 g/mol. The Morgan fingerprint density at radius 1 is 0.530 bits per heavy atom. The van der Waals surface area contributed by atoms with Gasteiger partial charge in [0.2, 0.25) is 0 Å². The van der Waals surface area contributed by atoms with E-state index >= 15 is 0 Å². The SMILES string of the molecule is Cc1cc2c3c(c1)N1c4c(cc(C(C)(C)C)cc4C4(C)CCCCC14C)B3c1ccc(N3c4ccc(C(C)(C)C)cc4C4(C)CCCCC34C)cc1N2c1cccc2c1oc1ccccc12. The first kappa shape index (κ1) is 40.8. The number of hydrogen-bond acceptors (Lipinski definition) is 4. The van der Waals surface area contributed by atoms with Crippen molar-refractivity contribution < 1.29 is 4.42 Å². The van der Waals surface area contributed by atoms with Gasteiger partial charge in [-0.15, -0.1) is 0 Å². The topological polar surface area (TPSA) is 22.9 Å². The second-order valence-corrected chi connectivity index (χ2v) is 24.5. The van der Waals surface area contributed by atoms with E-state index in [1.807, 2.05) is 0 Å². The molecular formula is C61H66BN3O. The summed E-state index contributed by atoms with van der Waals surface area (Å²) in [4.78, 5) is 8.30. The van der Waals surface area contributed by atoms with Crippen LogP contribution in [0.1, 0.15) is 148 Å². The van der Waals surface area contributed by atoms with Crippen LogP contribution in [0.4, 0.5) is 39.8 Å². The first-order valence-corrected chi connectivity index (χ1v) is 25.3. The third-order valence-electron chi connectivity index (χ3n) is 18.9. The summed E-state index contributed by atoms with van der Waals surface area (Å²) in [6.45, 7) is 27.1. The van der Waals surface area contributed by atoms with E-state index < -0.39 is 0 Å². The molecule has 1 aromatic heterocycles. The van der Waals surface area contributed by atoms with Gasteiger partial charge in [0.25, 0.3) is 6.71 Å². The zero-order valence-electron chi connectivity index (χ0n) is 41.3. The van der Waals surface area contributed by atoms with Gasteiger partial charge in [-0.25, -0.2) is 0 Å². The van der Waals surface area contributed by atoms with Gasteiger partial charge in [0.15, 0.2) is 5.58 Å². The lowest BCUT2D eigenvalue weighted by Crippen LogP contribution is -2.64. The van der Waals surface area contributed by atoms with Gasteiger partial charge < -0.3 is 19.1 Å².